The molecule has 1 rings (SSSR count). The lowest BCUT2D eigenvalue weighted by atomic mass is 10.1. The van der Waals surface area contributed by atoms with Crippen LogP contribution in [0.25, 0.3) is 0 Å². The maximum atomic E-state index is 11.8. The van der Waals surface area contributed by atoms with Gasteiger partial charge in [0.25, 0.3) is 0 Å². The zero-order valence-corrected chi connectivity index (χ0v) is 14.5. The first kappa shape index (κ1) is 18.4. The van der Waals surface area contributed by atoms with Crippen LogP contribution in [-0.2, 0) is 10.0 Å². The van der Waals surface area contributed by atoms with E-state index in [-0.39, 0.29) is 12.0 Å². The van der Waals surface area contributed by atoms with E-state index in [9.17, 15) is 13.2 Å². The fourth-order valence-electron chi connectivity index (χ4n) is 2.18. The Hall–Kier alpha value is -1.60. The van der Waals surface area contributed by atoms with Crippen LogP contribution in [0.3, 0.4) is 0 Å². The molecule has 0 heterocycles. The van der Waals surface area contributed by atoms with E-state index in [1.165, 1.54) is 13.0 Å². The highest BCUT2D eigenvalue weighted by atomic mass is 32.2. The zero-order chi connectivity index (χ0) is 16.9. The molecule has 0 saturated carbocycles. The highest BCUT2D eigenvalue weighted by Crippen LogP contribution is 2.25. The summed E-state index contributed by atoms with van der Waals surface area (Å²) in [6.45, 7) is 9.08. The number of hydrogen-bond donors (Lipinski definition) is 1. The molecule has 1 unspecified atom stereocenters. The minimum Gasteiger partial charge on any atom is -0.475 e. The van der Waals surface area contributed by atoms with Gasteiger partial charge in [-0.25, -0.2) is 8.42 Å². The number of carbonyl (C=O) groups excluding carboxylic acids is 1. The van der Waals surface area contributed by atoms with Gasteiger partial charge in [-0.05, 0) is 45.1 Å². The molecule has 1 aromatic rings. The fourth-order valence-corrected chi connectivity index (χ4v) is 2.74. The van der Waals surface area contributed by atoms with Crippen molar-refractivity contribution in [1.29, 1.82) is 0 Å². The summed E-state index contributed by atoms with van der Waals surface area (Å²) in [5.74, 6) is 0.268. The van der Waals surface area contributed by atoms with Crippen LogP contribution in [0.1, 0.15) is 38.1 Å². The molecule has 124 valence electrons. The van der Waals surface area contributed by atoms with Gasteiger partial charge in [0.2, 0.25) is 10.0 Å². The summed E-state index contributed by atoms with van der Waals surface area (Å²) in [5.41, 5.74) is 0.697. The van der Waals surface area contributed by atoms with Crippen LogP contribution in [0.5, 0.6) is 5.75 Å². The van der Waals surface area contributed by atoms with Crippen molar-refractivity contribution >= 4 is 21.5 Å². The van der Waals surface area contributed by atoms with E-state index in [4.69, 9.17) is 4.74 Å². The van der Waals surface area contributed by atoms with Crippen molar-refractivity contribution in [3.8, 4) is 5.75 Å². The van der Waals surface area contributed by atoms with Gasteiger partial charge in [-0.3, -0.25) is 14.4 Å². The maximum absolute atomic E-state index is 11.8. The number of nitrogens with zero attached hydrogens (tertiary/aromatic N) is 1. The Morgan fingerprint density at radius 3 is 2.36 bits per heavy atom. The molecule has 1 N–H and O–H groups in total. The van der Waals surface area contributed by atoms with Gasteiger partial charge in [-0.15, -0.1) is 0 Å². The molecule has 0 aliphatic rings. The first-order chi connectivity index (χ1) is 10.2. The van der Waals surface area contributed by atoms with Gasteiger partial charge in [0, 0.05) is 5.69 Å². The van der Waals surface area contributed by atoms with Crippen molar-refractivity contribution in [2.45, 2.75) is 33.9 Å². The SMILES string of the molecule is CCN(CC)C(C)Oc1ccc(NS(C)(=O)=O)cc1C(C)=O. The number of Topliss-reactive ketones (excluding diaryl/α,β-unsaturated/α-hetero) is 1. The first-order valence-corrected chi connectivity index (χ1v) is 9.10. The van der Waals surface area contributed by atoms with Crippen LogP contribution in [-0.4, -0.2) is 44.7 Å². The molecule has 0 radical (unpaired) electrons. The third-order valence-electron chi connectivity index (χ3n) is 3.29. The van der Waals surface area contributed by atoms with E-state index < -0.39 is 10.0 Å². The summed E-state index contributed by atoms with van der Waals surface area (Å²) < 4.78 is 30.8. The summed E-state index contributed by atoms with van der Waals surface area (Å²) in [6.07, 6.45) is 0.884. The molecule has 0 aromatic heterocycles. The predicted octanol–water partition coefficient (Wildman–Crippen LogP) is 2.33. The second-order valence-corrected chi connectivity index (χ2v) is 6.83. The topological polar surface area (TPSA) is 75.7 Å². The van der Waals surface area contributed by atoms with Crippen LogP contribution in [0.2, 0.25) is 0 Å². The highest BCUT2D eigenvalue weighted by molar-refractivity contribution is 7.92. The Morgan fingerprint density at radius 1 is 1.32 bits per heavy atom. The van der Waals surface area contributed by atoms with E-state index >= 15 is 0 Å². The fraction of sp³-hybridized carbons (Fsp3) is 0.533. The molecule has 0 aliphatic heterocycles. The smallest absolute Gasteiger partial charge is 0.229 e. The summed E-state index contributed by atoms with van der Waals surface area (Å²) in [5, 5.41) is 0. The Bertz CT molecular complexity index is 624. The second kappa shape index (κ2) is 7.60. The van der Waals surface area contributed by atoms with E-state index in [1.807, 2.05) is 20.8 Å². The molecule has 0 fully saturated rings. The van der Waals surface area contributed by atoms with Crippen LogP contribution in [0.4, 0.5) is 5.69 Å². The van der Waals surface area contributed by atoms with Crippen molar-refractivity contribution in [3.05, 3.63) is 23.8 Å². The summed E-state index contributed by atoms with van der Waals surface area (Å²) in [7, 11) is -3.39. The molecule has 0 spiro atoms. The molecule has 6 nitrogen and oxygen atoms in total. The molecule has 0 bridgehead atoms. The normalized spacial score (nSPS) is 13.0. The maximum Gasteiger partial charge on any atom is 0.229 e. The quantitative estimate of drug-likeness (QED) is 0.585. The number of anilines is 1. The average Bonchev–Trinajstić information content (AvgIpc) is 2.40. The lowest BCUT2D eigenvalue weighted by molar-refractivity contribution is 0.0472. The van der Waals surface area contributed by atoms with E-state index in [0.717, 1.165) is 19.3 Å². The van der Waals surface area contributed by atoms with E-state index in [1.54, 1.807) is 12.1 Å². The van der Waals surface area contributed by atoms with Gasteiger partial charge in [0.05, 0.1) is 11.8 Å². The third-order valence-corrected chi connectivity index (χ3v) is 3.89. The molecule has 1 aromatic carbocycles. The minimum atomic E-state index is -3.39. The first-order valence-electron chi connectivity index (χ1n) is 7.21. The molecule has 0 amide bonds. The molecule has 0 aliphatic carbocycles. The highest BCUT2D eigenvalue weighted by Gasteiger charge is 2.16. The minimum absolute atomic E-state index is 0.179. The lowest BCUT2D eigenvalue weighted by Gasteiger charge is -2.27. The van der Waals surface area contributed by atoms with Gasteiger partial charge in [-0.1, -0.05) is 13.8 Å². The van der Waals surface area contributed by atoms with Crippen molar-refractivity contribution in [3.63, 3.8) is 0 Å². The zero-order valence-electron chi connectivity index (χ0n) is 13.7. The van der Waals surface area contributed by atoms with Gasteiger partial charge in [0.1, 0.15) is 12.0 Å². The number of ketones is 1. The summed E-state index contributed by atoms with van der Waals surface area (Å²) >= 11 is 0. The number of nitrogens with one attached hydrogen (secondary N) is 1. The Kier molecular flexibility index (Phi) is 6.37. The molecule has 0 saturated heterocycles. The van der Waals surface area contributed by atoms with Gasteiger partial charge >= 0.3 is 0 Å². The van der Waals surface area contributed by atoms with Crippen molar-refractivity contribution < 1.29 is 17.9 Å². The summed E-state index contributed by atoms with van der Waals surface area (Å²) in [6, 6.07) is 4.69. The Balaban J connectivity index is 3.07. The monoisotopic (exact) mass is 328 g/mol. The van der Waals surface area contributed by atoms with Crippen LogP contribution in [0, 0.1) is 0 Å². The Morgan fingerprint density at radius 2 is 1.91 bits per heavy atom. The number of carbonyl (C=O) groups is 1. The molecular formula is C15H24N2O4S. The predicted molar refractivity (Wildman–Crippen MR) is 87.9 cm³/mol. The standard InChI is InChI=1S/C15H24N2O4S/c1-6-17(7-2)12(4)21-15-9-8-13(16-22(5,19)20)10-14(15)11(3)18/h8-10,12,16H,6-7H2,1-5H3. The molecule has 7 heteroatoms. The molecule has 22 heavy (non-hydrogen) atoms. The van der Waals surface area contributed by atoms with Crippen molar-refractivity contribution in [2.75, 3.05) is 24.1 Å². The number of hydrogen-bond acceptors (Lipinski definition) is 5. The lowest BCUT2D eigenvalue weighted by Crippen LogP contribution is -2.37. The van der Waals surface area contributed by atoms with Gasteiger partial charge in [0.15, 0.2) is 5.78 Å². The van der Waals surface area contributed by atoms with Crippen LogP contribution in [0.15, 0.2) is 18.2 Å². The summed E-state index contributed by atoms with van der Waals surface area (Å²) in [4.78, 5) is 13.9. The van der Waals surface area contributed by atoms with Gasteiger partial charge < -0.3 is 4.74 Å². The van der Waals surface area contributed by atoms with Crippen LogP contribution < -0.4 is 9.46 Å². The largest absolute Gasteiger partial charge is 0.475 e. The number of rotatable bonds is 8. The molecule has 1 atom stereocenters. The van der Waals surface area contributed by atoms with Gasteiger partial charge in [-0.2, -0.15) is 0 Å². The molecular weight excluding hydrogens is 304 g/mol. The Labute approximate surface area is 132 Å². The van der Waals surface area contributed by atoms with Crippen LogP contribution >= 0.6 is 0 Å². The van der Waals surface area contributed by atoms with Crippen molar-refractivity contribution in [1.82, 2.24) is 4.90 Å². The second-order valence-electron chi connectivity index (χ2n) is 5.08. The number of sulfonamides is 1. The van der Waals surface area contributed by atoms with Crippen molar-refractivity contribution in [2.24, 2.45) is 0 Å². The van der Waals surface area contributed by atoms with E-state index in [2.05, 4.69) is 9.62 Å². The third kappa shape index (κ3) is 5.31. The number of ether oxygens (including phenoxy) is 1. The number of benzene rings is 1. The van der Waals surface area contributed by atoms with E-state index in [0.29, 0.717) is 17.0 Å². The average molecular weight is 328 g/mol.